The minimum Gasteiger partial charge on any atom is -0.337 e. The zero-order valence-electron chi connectivity index (χ0n) is 13.1. The number of aromatic amines is 1. The van der Waals surface area contributed by atoms with E-state index in [0.29, 0.717) is 5.82 Å². The van der Waals surface area contributed by atoms with Gasteiger partial charge in [0.1, 0.15) is 11.6 Å². The molecule has 0 fully saturated rings. The molecule has 2 aromatic carbocycles. The Bertz CT molecular complexity index is 1010. The number of nitrogens with one attached hydrogen (secondary N) is 1. The minimum atomic E-state index is -0.262. The summed E-state index contributed by atoms with van der Waals surface area (Å²) in [4.78, 5) is 12.3. The Kier molecular flexibility index (Phi) is 4.31. The lowest BCUT2D eigenvalue weighted by atomic mass is 10.1. The van der Waals surface area contributed by atoms with E-state index < -0.39 is 0 Å². The van der Waals surface area contributed by atoms with Gasteiger partial charge in [0.15, 0.2) is 0 Å². The summed E-state index contributed by atoms with van der Waals surface area (Å²) in [5.41, 5.74) is 4.66. The van der Waals surface area contributed by atoms with Crippen molar-refractivity contribution in [2.45, 2.75) is 0 Å². The van der Waals surface area contributed by atoms with Crippen LogP contribution in [0.4, 0.5) is 4.39 Å². The predicted molar refractivity (Wildman–Crippen MR) is 105 cm³/mol. The van der Waals surface area contributed by atoms with Crippen LogP contribution in [0.1, 0.15) is 0 Å². The fraction of sp³-hybridized carbons (Fsp3) is 0. The number of hydrogen-bond donors (Lipinski definition) is 1. The number of rotatable bonds is 3. The van der Waals surface area contributed by atoms with Gasteiger partial charge in [-0.3, -0.25) is 4.98 Å². The molecule has 0 saturated carbocycles. The fourth-order valence-corrected chi connectivity index (χ4v) is 3.23. The first kappa shape index (κ1) is 16.0. The first-order valence-electron chi connectivity index (χ1n) is 7.73. The average Bonchev–Trinajstić information content (AvgIpc) is 3.08. The first-order valence-corrected chi connectivity index (χ1v) is 8.81. The van der Waals surface area contributed by atoms with Gasteiger partial charge in [-0.2, -0.15) is 0 Å². The van der Waals surface area contributed by atoms with Crippen molar-refractivity contribution in [3.05, 3.63) is 82.4 Å². The molecule has 5 heteroatoms. The van der Waals surface area contributed by atoms with Crippen molar-refractivity contribution in [2.24, 2.45) is 0 Å². The first-order chi connectivity index (χ1) is 12.2. The minimum absolute atomic E-state index is 0.262. The van der Waals surface area contributed by atoms with Crippen LogP contribution >= 0.6 is 22.6 Å². The van der Waals surface area contributed by atoms with Crippen molar-refractivity contribution in [2.75, 3.05) is 0 Å². The second-order valence-corrected chi connectivity index (χ2v) is 6.81. The van der Waals surface area contributed by atoms with E-state index in [-0.39, 0.29) is 5.82 Å². The van der Waals surface area contributed by atoms with E-state index in [0.717, 1.165) is 31.6 Å². The van der Waals surface area contributed by atoms with Crippen LogP contribution in [0.25, 0.3) is 33.9 Å². The maximum Gasteiger partial charge on any atom is 0.138 e. The SMILES string of the molecule is Fc1ccc(-c2nc(-c3cccc(I)c3)c(-c3ccncc3)[nH]2)cc1. The van der Waals surface area contributed by atoms with Crippen LogP contribution in [0.5, 0.6) is 0 Å². The summed E-state index contributed by atoms with van der Waals surface area (Å²) in [6, 6.07) is 18.4. The normalized spacial score (nSPS) is 10.8. The van der Waals surface area contributed by atoms with Gasteiger partial charge in [0.05, 0.1) is 11.4 Å². The molecule has 0 atom stereocenters. The summed E-state index contributed by atoms with van der Waals surface area (Å²) in [6.45, 7) is 0. The van der Waals surface area contributed by atoms with Crippen LogP contribution in [-0.4, -0.2) is 15.0 Å². The smallest absolute Gasteiger partial charge is 0.138 e. The molecule has 0 aliphatic heterocycles. The van der Waals surface area contributed by atoms with Crippen LogP contribution < -0.4 is 0 Å². The highest BCUT2D eigenvalue weighted by Gasteiger charge is 2.15. The van der Waals surface area contributed by atoms with E-state index in [1.54, 1.807) is 24.5 Å². The largest absolute Gasteiger partial charge is 0.337 e. The third-order valence-corrected chi connectivity index (χ3v) is 4.56. The Balaban J connectivity index is 1.90. The highest BCUT2D eigenvalue weighted by atomic mass is 127. The number of H-pyrrole nitrogens is 1. The fourth-order valence-electron chi connectivity index (χ4n) is 2.69. The summed E-state index contributed by atoms with van der Waals surface area (Å²) >= 11 is 2.29. The van der Waals surface area contributed by atoms with Crippen molar-refractivity contribution in [3.8, 4) is 33.9 Å². The Morgan fingerprint density at radius 3 is 2.32 bits per heavy atom. The molecule has 1 N–H and O–H groups in total. The monoisotopic (exact) mass is 441 g/mol. The molecule has 122 valence electrons. The third-order valence-electron chi connectivity index (χ3n) is 3.89. The molecule has 4 rings (SSSR count). The number of aromatic nitrogens is 3. The summed E-state index contributed by atoms with van der Waals surface area (Å²) < 4.78 is 14.4. The molecule has 2 aromatic heterocycles. The highest BCUT2D eigenvalue weighted by molar-refractivity contribution is 14.1. The van der Waals surface area contributed by atoms with E-state index in [2.05, 4.69) is 38.6 Å². The van der Waals surface area contributed by atoms with Crippen molar-refractivity contribution in [1.82, 2.24) is 15.0 Å². The zero-order chi connectivity index (χ0) is 17.2. The summed E-state index contributed by atoms with van der Waals surface area (Å²) in [6.07, 6.45) is 3.51. The molecule has 0 aliphatic rings. The van der Waals surface area contributed by atoms with Gasteiger partial charge < -0.3 is 4.98 Å². The maximum atomic E-state index is 13.2. The molecule has 0 amide bonds. The van der Waals surface area contributed by atoms with Gasteiger partial charge >= 0.3 is 0 Å². The molecule has 0 saturated heterocycles. The van der Waals surface area contributed by atoms with E-state index in [1.807, 2.05) is 30.3 Å². The number of nitrogens with zero attached hydrogens (tertiary/aromatic N) is 2. The molecule has 4 aromatic rings. The number of hydrogen-bond acceptors (Lipinski definition) is 2. The van der Waals surface area contributed by atoms with E-state index in [9.17, 15) is 4.39 Å². The van der Waals surface area contributed by atoms with Gasteiger partial charge in [0.2, 0.25) is 0 Å². The van der Waals surface area contributed by atoms with Crippen LogP contribution in [0.15, 0.2) is 73.1 Å². The van der Waals surface area contributed by atoms with Crippen molar-refractivity contribution < 1.29 is 4.39 Å². The quantitative estimate of drug-likeness (QED) is 0.424. The summed E-state index contributed by atoms with van der Waals surface area (Å²) in [7, 11) is 0. The molecular formula is C20H13FIN3. The zero-order valence-corrected chi connectivity index (χ0v) is 15.2. The van der Waals surface area contributed by atoms with Gasteiger partial charge in [-0.15, -0.1) is 0 Å². The number of halogens is 2. The molecular weight excluding hydrogens is 428 g/mol. The Morgan fingerprint density at radius 1 is 0.840 bits per heavy atom. The summed E-state index contributed by atoms with van der Waals surface area (Å²) in [5.74, 6) is 0.447. The molecule has 0 bridgehead atoms. The Morgan fingerprint density at radius 2 is 1.60 bits per heavy atom. The Hall–Kier alpha value is -2.54. The van der Waals surface area contributed by atoms with Gasteiger partial charge in [-0.05, 0) is 71.1 Å². The van der Waals surface area contributed by atoms with Crippen molar-refractivity contribution >= 4 is 22.6 Å². The number of imidazole rings is 1. The molecule has 3 nitrogen and oxygen atoms in total. The Labute approximate surface area is 158 Å². The molecule has 0 aliphatic carbocycles. The highest BCUT2D eigenvalue weighted by Crippen LogP contribution is 2.33. The van der Waals surface area contributed by atoms with Gasteiger partial charge in [-0.1, -0.05) is 12.1 Å². The standard InChI is InChI=1S/C20H13FIN3/c21-16-6-4-14(5-7-16)20-24-18(13-8-10-23-11-9-13)19(25-20)15-2-1-3-17(22)12-15/h1-12H,(H,24,25). The third kappa shape index (κ3) is 3.32. The number of benzene rings is 2. The lowest BCUT2D eigenvalue weighted by Gasteiger charge is -2.03. The van der Waals surface area contributed by atoms with Crippen LogP contribution in [0.2, 0.25) is 0 Å². The van der Waals surface area contributed by atoms with Gasteiger partial charge in [-0.25, -0.2) is 9.37 Å². The topological polar surface area (TPSA) is 41.6 Å². The lowest BCUT2D eigenvalue weighted by Crippen LogP contribution is -1.85. The number of pyridine rings is 1. The lowest BCUT2D eigenvalue weighted by molar-refractivity contribution is 0.628. The summed E-state index contributed by atoms with van der Waals surface area (Å²) in [5, 5.41) is 0. The molecule has 0 radical (unpaired) electrons. The molecule has 0 spiro atoms. The van der Waals surface area contributed by atoms with Crippen molar-refractivity contribution in [3.63, 3.8) is 0 Å². The molecule has 2 heterocycles. The van der Waals surface area contributed by atoms with Crippen molar-refractivity contribution in [1.29, 1.82) is 0 Å². The predicted octanol–water partition coefficient (Wildman–Crippen LogP) is 5.55. The second kappa shape index (κ2) is 6.76. The van der Waals surface area contributed by atoms with Crippen LogP contribution in [0.3, 0.4) is 0 Å². The molecule has 25 heavy (non-hydrogen) atoms. The van der Waals surface area contributed by atoms with Gasteiger partial charge in [0.25, 0.3) is 0 Å². The maximum absolute atomic E-state index is 13.2. The van der Waals surface area contributed by atoms with Gasteiger partial charge in [0, 0.05) is 32.7 Å². The van der Waals surface area contributed by atoms with E-state index >= 15 is 0 Å². The van der Waals surface area contributed by atoms with E-state index in [4.69, 9.17) is 4.98 Å². The second-order valence-electron chi connectivity index (χ2n) is 5.56. The van der Waals surface area contributed by atoms with Crippen LogP contribution in [0, 0.1) is 9.39 Å². The van der Waals surface area contributed by atoms with Crippen LogP contribution in [-0.2, 0) is 0 Å². The van der Waals surface area contributed by atoms with E-state index in [1.165, 1.54) is 12.1 Å². The molecule has 0 unspecified atom stereocenters. The average molecular weight is 441 g/mol.